The second kappa shape index (κ2) is 14.5. The Hall–Kier alpha value is -8.14. The van der Waals surface area contributed by atoms with Gasteiger partial charge in [0.15, 0.2) is 5.82 Å². The molecule has 0 fully saturated rings. The molecule has 0 aliphatic heterocycles. The minimum atomic E-state index is -0.569. The van der Waals surface area contributed by atoms with Crippen molar-refractivity contribution in [3.63, 3.8) is 0 Å². The molecule has 0 radical (unpaired) electrons. The van der Waals surface area contributed by atoms with Crippen LogP contribution in [0.1, 0.15) is 22.3 Å². The van der Waals surface area contributed by atoms with E-state index >= 15 is 0 Å². The van der Waals surface area contributed by atoms with Gasteiger partial charge < -0.3 is 4.42 Å². The molecule has 290 valence electrons. The lowest BCUT2D eigenvalue weighted by Gasteiger charge is -2.35. The van der Waals surface area contributed by atoms with Crippen molar-refractivity contribution in [1.29, 1.82) is 0 Å². The summed E-state index contributed by atoms with van der Waals surface area (Å²) in [4.78, 5) is 10.7. The fourth-order valence-electron chi connectivity index (χ4n) is 9.76. The molecule has 62 heavy (non-hydrogen) atoms. The lowest BCUT2D eigenvalue weighted by molar-refractivity contribution is 0.669. The Bertz CT molecular complexity index is 3390. The molecule has 0 saturated carbocycles. The Morgan fingerprint density at radius 1 is 0.323 bits per heavy atom. The number of nitrogens with zero attached hydrogens (tertiary/aromatic N) is 2. The third-order valence-electron chi connectivity index (χ3n) is 12.6. The average Bonchev–Trinajstić information content (AvgIpc) is 3.88. The van der Waals surface area contributed by atoms with Gasteiger partial charge in [-0.3, -0.25) is 0 Å². The van der Waals surface area contributed by atoms with Crippen LogP contribution in [-0.4, -0.2) is 9.97 Å². The molecule has 1 aliphatic carbocycles. The molecule has 0 unspecified atom stereocenters. The molecular formula is C59H38N2O. The molecular weight excluding hydrogens is 753 g/mol. The smallest absolute Gasteiger partial charge is 0.160 e. The topological polar surface area (TPSA) is 38.9 Å². The molecule has 0 amide bonds. The highest BCUT2D eigenvalue weighted by molar-refractivity contribution is 6.06. The predicted molar refractivity (Wildman–Crippen MR) is 254 cm³/mol. The number of hydrogen-bond acceptors (Lipinski definition) is 3. The van der Waals surface area contributed by atoms with E-state index in [0.29, 0.717) is 5.82 Å². The Morgan fingerprint density at radius 2 is 0.839 bits per heavy atom. The minimum Gasteiger partial charge on any atom is -0.456 e. The van der Waals surface area contributed by atoms with E-state index in [1.807, 2.05) is 18.2 Å². The largest absolute Gasteiger partial charge is 0.456 e. The van der Waals surface area contributed by atoms with Gasteiger partial charge in [-0.1, -0.05) is 206 Å². The van der Waals surface area contributed by atoms with Crippen molar-refractivity contribution in [3.05, 3.63) is 253 Å². The molecule has 12 rings (SSSR count). The van der Waals surface area contributed by atoms with Gasteiger partial charge in [0, 0.05) is 27.5 Å². The first-order valence-electron chi connectivity index (χ1n) is 21.1. The molecule has 3 nitrogen and oxygen atoms in total. The van der Waals surface area contributed by atoms with Gasteiger partial charge >= 0.3 is 0 Å². The zero-order chi connectivity index (χ0) is 41.0. The van der Waals surface area contributed by atoms with Crippen LogP contribution >= 0.6 is 0 Å². The van der Waals surface area contributed by atoms with Crippen LogP contribution in [0.3, 0.4) is 0 Å². The lowest BCUT2D eigenvalue weighted by atomic mass is 9.66. The third kappa shape index (κ3) is 5.74. The summed E-state index contributed by atoms with van der Waals surface area (Å²) >= 11 is 0. The van der Waals surface area contributed by atoms with Crippen LogP contribution in [0.15, 0.2) is 235 Å². The second-order valence-electron chi connectivity index (χ2n) is 16.0. The van der Waals surface area contributed by atoms with E-state index in [2.05, 4.69) is 212 Å². The number of fused-ring (bicyclic) bond motifs is 6. The van der Waals surface area contributed by atoms with Crippen LogP contribution in [0.2, 0.25) is 0 Å². The maximum atomic E-state index is 6.08. The minimum absolute atomic E-state index is 0.569. The van der Waals surface area contributed by atoms with Crippen molar-refractivity contribution in [3.8, 4) is 67.3 Å². The van der Waals surface area contributed by atoms with Crippen LogP contribution in [0.25, 0.3) is 89.2 Å². The van der Waals surface area contributed by atoms with Crippen molar-refractivity contribution < 1.29 is 4.42 Å². The van der Waals surface area contributed by atoms with Crippen molar-refractivity contribution >= 4 is 21.9 Å². The van der Waals surface area contributed by atoms with Gasteiger partial charge in [-0.05, 0) is 79.9 Å². The SMILES string of the molecule is c1ccc(-c2nc(-c3ccc(-c4ccc(-c5ccc6oc7ccccc7c6c5)cc4)cc3)cc(-c3cccc4c3C(c3ccccc3)(c3ccccc3)c3ccccc3-4)n2)cc1. The highest BCUT2D eigenvalue weighted by atomic mass is 16.3. The molecule has 9 aromatic carbocycles. The Morgan fingerprint density at radius 3 is 1.55 bits per heavy atom. The van der Waals surface area contributed by atoms with Crippen molar-refractivity contribution in [2.75, 3.05) is 0 Å². The quantitative estimate of drug-likeness (QED) is 0.161. The molecule has 0 atom stereocenters. The zero-order valence-corrected chi connectivity index (χ0v) is 33.7. The number of hydrogen-bond donors (Lipinski definition) is 0. The van der Waals surface area contributed by atoms with Crippen LogP contribution in [-0.2, 0) is 5.41 Å². The predicted octanol–water partition coefficient (Wildman–Crippen LogP) is 15.1. The van der Waals surface area contributed by atoms with Gasteiger partial charge in [0.25, 0.3) is 0 Å². The summed E-state index contributed by atoms with van der Waals surface area (Å²) in [6.07, 6.45) is 0. The van der Waals surface area contributed by atoms with Gasteiger partial charge in [-0.2, -0.15) is 0 Å². The highest BCUT2D eigenvalue weighted by Crippen LogP contribution is 2.58. The first-order valence-corrected chi connectivity index (χ1v) is 21.1. The fourth-order valence-corrected chi connectivity index (χ4v) is 9.76. The standard InChI is InChI=1S/C59H38N2O/c1-4-15-43(16-5-1)58-60-53(42-33-31-40(32-34-42)39-27-29-41(30-28-39)44-35-36-56-51(37-44)48-22-11-13-26-55(48)62-56)38-54(61-58)50-24-14-23-49-47-21-10-12-25-52(47)59(57(49)50,45-17-6-2-7-18-45)46-19-8-3-9-20-46/h1-38H. The van der Waals surface area contributed by atoms with E-state index in [1.165, 1.54) is 38.9 Å². The normalized spacial score (nSPS) is 12.6. The van der Waals surface area contributed by atoms with E-state index in [4.69, 9.17) is 14.4 Å². The first kappa shape index (κ1) is 35.8. The van der Waals surface area contributed by atoms with E-state index in [0.717, 1.165) is 66.7 Å². The number of benzene rings is 9. The van der Waals surface area contributed by atoms with Crippen molar-refractivity contribution in [2.45, 2.75) is 5.41 Å². The van der Waals surface area contributed by atoms with E-state index in [1.54, 1.807) is 0 Å². The summed E-state index contributed by atoms with van der Waals surface area (Å²) in [5.74, 6) is 0.692. The van der Waals surface area contributed by atoms with Crippen molar-refractivity contribution in [1.82, 2.24) is 9.97 Å². The maximum Gasteiger partial charge on any atom is 0.160 e. The van der Waals surface area contributed by atoms with Gasteiger partial charge in [0.05, 0.1) is 16.8 Å². The van der Waals surface area contributed by atoms with E-state index in [-0.39, 0.29) is 0 Å². The van der Waals surface area contributed by atoms with E-state index < -0.39 is 5.41 Å². The van der Waals surface area contributed by atoms with Gasteiger partial charge in [0.2, 0.25) is 0 Å². The maximum absolute atomic E-state index is 6.08. The summed E-state index contributed by atoms with van der Waals surface area (Å²) in [5.41, 5.74) is 18.1. The van der Waals surface area contributed by atoms with Gasteiger partial charge in [-0.25, -0.2) is 9.97 Å². The summed E-state index contributed by atoms with van der Waals surface area (Å²) in [7, 11) is 0. The summed E-state index contributed by atoms with van der Waals surface area (Å²) in [5, 5.41) is 2.27. The molecule has 11 aromatic rings. The number of rotatable bonds is 7. The van der Waals surface area contributed by atoms with Gasteiger partial charge in [0.1, 0.15) is 11.2 Å². The summed E-state index contributed by atoms with van der Waals surface area (Å²) in [6, 6.07) is 82.3. The highest BCUT2D eigenvalue weighted by Gasteiger charge is 2.47. The lowest BCUT2D eigenvalue weighted by Crippen LogP contribution is -2.29. The zero-order valence-electron chi connectivity index (χ0n) is 33.7. The van der Waals surface area contributed by atoms with Crippen molar-refractivity contribution in [2.24, 2.45) is 0 Å². The molecule has 0 spiro atoms. The first-order chi connectivity index (χ1) is 30.7. The monoisotopic (exact) mass is 790 g/mol. The Balaban J connectivity index is 0.967. The third-order valence-corrected chi connectivity index (χ3v) is 12.6. The second-order valence-corrected chi connectivity index (χ2v) is 16.0. The summed E-state index contributed by atoms with van der Waals surface area (Å²) < 4.78 is 6.08. The summed E-state index contributed by atoms with van der Waals surface area (Å²) in [6.45, 7) is 0. The molecule has 2 aromatic heterocycles. The Kier molecular flexibility index (Phi) is 8.39. The number of furan rings is 1. The Labute approximate surface area is 360 Å². The average molecular weight is 791 g/mol. The molecule has 2 heterocycles. The fraction of sp³-hybridized carbons (Fsp3) is 0.0169. The van der Waals surface area contributed by atoms with Crippen LogP contribution in [0.5, 0.6) is 0 Å². The van der Waals surface area contributed by atoms with Gasteiger partial charge in [-0.15, -0.1) is 0 Å². The number of para-hydroxylation sites is 1. The molecule has 0 bridgehead atoms. The van der Waals surface area contributed by atoms with Crippen LogP contribution < -0.4 is 0 Å². The molecule has 0 saturated heterocycles. The van der Waals surface area contributed by atoms with E-state index in [9.17, 15) is 0 Å². The van der Waals surface area contributed by atoms with Crippen LogP contribution in [0.4, 0.5) is 0 Å². The molecule has 1 aliphatic rings. The van der Waals surface area contributed by atoms with Crippen LogP contribution in [0, 0.1) is 0 Å². The molecule has 3 heteroatoms. The number of aromatic nitrogens is 2. The molecule has 0 N–H and O–H groups in total.